The fourth-order valence-electron chi connectivity index (χ4n) is 0. The van der Waals surface area contributed by atoms with Gasteiger partial charge >= 0.3 is 6.04 Å². The van der Waals surface area contributed by atoms with Gasteiger partial charge in [0.1, 0.15) is 0 Å². The van der Waals surface area contributed by atoms with E-state index < -0.39 is 12.2 Å². The molecule has 0 bridgehead atoms. The predicted octanol–water partition coefficient (Wildman–Crippen LogP) is 0.655. The van der Waals surface area contributed by atoms with Crippen molar-refractivity contribution in [2.45, 2.75) is 6.17 Å². The van der Waals surface area contributed by atoms with Gasteiger partial charge in [0.15, 0.2) is 6.17 Å². The van der Waals surface area contributed by atoms with E-state index in [0.717, 1.165) is 0 Å². The second kappa shape index (κ2) is 1.85. The maximum absolute atomic E-state index is 11.0. The van der Waals surface area contributed by atoms with Crippen LogP contribution in [0.2, 0.25) is 0 Å². The standard InChI is InChI=1S/C3H3F2O/c1-2(4)3(5)6/h2H,1H2. The highest BCUT2D eigenvalue weighted by Crippen LogP contribution is 1.87. The Kier molecular flexibility index (Phi) is 1.70. The van der Waals surface area contributed by atoms with Crippen molar-refractivity contribution in [2.75, 3.05) is 0 Å². The smallest absolute Gasteiger partial charge is 0.258 e. The monoisotopic (exact) mass is 93.0 g/mol. The van der Waals surface area contributed by atoms with Crippen LogP contribution >= 0.6 is 0 Å². The van der Waals surface area contributed by atoms with E-state index in [2.05, 4.69) is 6.92 Å². The molecule has 0 N–H and O–H groups in total. The maximum Gasteiger partial charge on any atom is 0.335 e. The lowest BCUT2D eigenvalue weighted by atomic mass is 10.5. The molecular formula is C3H3F2O. The van der Waals surface area contributed by atoms with Crippen LogP contribution in [0.25, 0.3) is 0 Å². The third-order valence-corrected chi connectivity index (χ3v) is 0.246. The molecule has 0 rings (SSSR count). The molecule has 1 nitrogen and oxygen atoms in total. The summed E-state index contributed by atoms with van der Waals surface area (Å²) in [6.45, 7) is 2.45. The van der Waals surface area contributed by atoms with Gasteiger partial charge in [-0.15, -0.1) is 0 Å². The van der Waals surface area contributed by atoms with E-state index in [0.29, 0.717) is 0 Å². The molecule has 1 unspecified atom stereocenters. The number of carbonyl (C=O) groups excluding carboxylic acids is 1. The molecule has 6 heavy (non-hydrogen) atoms. The van der Waals surface area contributed by atoms with Crippen LogP contribution in [0.15, 0.2) is 0 Å². The van der Waals surface area contributed by atoms with Crippen molar-refractivity contribution in [2.24, 2.45) is 0 Å². The summed E-state index contributed by atoms with van der Waals surface area (Å²) in [5.74, 6) is 0. The van der Waals surface area contributed by atoms with Crippen LogP contribution in [0.3, 0.4) is 0 Å². The van der Waals surface area contributed by atoms with Crippen LogP contribution < -0.4 is 0 Å². The number of hydrogen-bond acceptors (Lipinski definition) is 1. The molecule has 0 heterocycles. The van der Waals surface area contributed by atoms with Crippen molar-refractivity contribution < 1.29 is 13.6 Å². The van der Waals surface area contributed by atoms with E-state index in [1.165, 1.54) is 0 Å². The van der Waals surface area contributed by atoms with Gasteiger partial charge in [0.25, 0.3) is 0 Å². The van der Waals surface area contributed by atoms with Crippen molar-refractivity contribution in [3.8, 4) is 0 Å². The van der Waals surface area contributed by atoms with Gasteiger partial charge in [-0.25, -0.2) is 4.39 Å². The van der Waals surface area contributed by atoms with Crippen LogP contribution in [0.1, 0.15) is 0 Å². The fourth-order valence-corrected chi connectivity index (χ4v) is 0. The summed E-state index contributed by atoms with van der Waals surface area (Å²) in [4.78, 5) is 9.04. The molecular weight excluding hydrogens is 90.0 g/mol. The molecule has 0 aliphatic carbocycles. The van der Waals surface area contributed by atoms with E-state index in [9.17, 15) is 8.78 Å². The minimum Gasteiger partial charge on any atom is -0.258 e. The molecule has 35 valence electrons. The molecule has 0 amide bonds. The van der Waals surface area contributed by atoms with Gasteiger partial charge in [-0.2, -0.15) is 4.39 Å². The number of halogens is 2. The third kappa shape index (κ3) is 1.81. The quantitative estimate of drug-likeness (QED) is 0.435. The van der Waals surface area contributed by atoms with Gasteiger partial charge in [-0.3, -0.25) is 4.79 Å². The van der Waals surface area contributed by atoms with E-state index in [1.807, 2.05) is 0 Å². The van der Waals surface area contributed by atoms with Crippen LogP contribution in [0, 0.1) is 6.92 Å². The SMILES string of the molecule is [CH2]C(F)C(=O)F. The van der Waals surface area contributed by atoms with Gasteiger partial charge in [-0.1, -0.05) is 0 Å². The number of hydrogen-bond donors (Lipinski definition) is 0. The highest BCUT2D eigenvalue weighted by molar-refractivity contribution is 5.73. The van der Waals surface area contributed by atoms with Gasteiger partial charge < -0.3 is 0 Å². The van der Waals surface area contributed by atoms with Crippen molar-refractivity contribution in [3.63, 3.8) is 0 Å². The molecule has 1 atom stereocenters. The Balaban J connectivity index is 3.26. The average molecular weight is 93.1 g/mol. The topological polar surface area (TPSA) is 17.1 Å². The number of alkyl halides is 1. The van der Waals surface area contributed by atoms with Crippen LogP contribution in [0.5, 0.6) is 0 Å². The molecule has 1 radical (unpaired) electrons. The molecule has 0 fully saturated rings. The van der Waals surface area contributed by atoms with E-state index in [4.69, 9.17) is 4.79 Å². The second-order valence-electron chi connectivity index (χ2n) is 0.772. The minimum absolute atomic E-state index is 2.02. The first-order chi connectivity index (χ1) is 2.64. The van der Waals surface area contributed by atoms with Crippen molar-refractivity contribution in [1.82, 2.24) is 0 Å². The van der Waals surface area contributed by atoms with Gasteiger partial charge in [0.05, 0.1) is 0 Å². The zero-order valence-corrected chi connectivity index (χ0v) is 2.95. The molecule has 0 aromatic carbocycles. The minimum atomic E-state index is -2.20. The molecule has 0 saturated carbocycles. The normalized spacial score (nSPS) is 13.8. The number of carbonyl (C=O) groups is 1. The van der Waals surface area contributed by atoms with Crippen molar-refractivity contribution >= 4 is 6.04 Å². The zero-order chi connectivity index (χ0) is 5.15. The molecule has 0 aliphatic rings. The summed E-state index contributed by atoms with van der Waals surface area (Å²) >= 11 is 0. The third-order valence-electron chi connectivity index (χ3n) is 0.246. The Morgan fingerprint density at radius 2 is 2.00 bits per heavy atom. The van der Waals surface area contributed by atoms with Crippen LogP contribution in [0.4, 0.5) is 8.78 Å². The number of rotatable bonds is 1. The first-order valence-corrected chi connectivity index (χ1v) is 1.31. The van der Waals surface area contributed by atoms with E-state index in [1.54, 1.807) is 0 Å². The second-order valence-corrected chi connectivity index (χ2v) is 0.772. The molecule has 0 spiro atoms. The largest absolute Gasteiger partial charge is 0.335 e. The fraction of sp³-hybridized carbons (Fsp3) is 0.333. The Morgan fingerprint density at radius 1 is 1.83 bits per heavy atom. The van der Waals surface area contributed by atoms with Crippen molar-refractivity contribution in [3.05, 3.63) is 6.92 Å². The maximum atomic E-state index is 11.0. The molecule has 0 saturated heterocycles. The highest BCUT2D eigenvalue weighted by atomic mass is 19.2. The Morgan fingerprint density at radius 3 is 2.00 bits per heavy atom. The summed E-state index contributed by atoms with van der Waals surface area (Å²) in [6, 6.07) is -2.02. The zero-order valence-electron chi connectivity index (χ0n) is 2.95. The lowest BCUT2D eigenvalue weighted by Gasteiger charge is -1.81. The van der Waals surface area contributed by atoms with E-state index >= 15 is 0 Å². The van der Waals surface area contributed by atoms with Crippen LogP contribution in [-0.4, -0.2) is 12.2 Å². The Hall–Kier alpha value is -0.470. The summed E-state index contributed by atoms with van der Waals surface area (Å²) in [5.41, 5.74) is 0. The lowest BCUT2D eigenvalue weighted by Crippen LogP contribution is -2.02. The lowest BCUT2D eigenvalue weighted by molar-refractivity contribution is -0.132. The van der Waals surface area contributed by atoms with Crippen molar-refractivity contribution in [1.29, 1.82) is 0 Å². The summed E-state index contributed by atoms with van der Waals surface area (Å²) in [6.07, 6.45) is -2.20. The molecule has 3 heteroatoms. The van der Waals surface area contributed by atoms with E-state index in [-0.39, 0.29) is 0 Å². The van der Waals surface area contributed by atoms with Gasteiger partial charge in [0.2, 0.25) is 0 Å². The van der Waals surface area contributed by atoms with Gasteiger partial charge in [-0.05, 0) is 6.92 Å². The Labute approximate surface area is 34.0 Å². The predicted molar refractivity (Wildman–Crippen MR) is 16.4 cm³/mol. The summed E-state index contributed by atoms with van der Waals surface area (Å²) in [7, 11) is 0. The highest BCUT2D eigenvalue weighted by Gasteiger charge is 2.06. The van der Waals surface area contributed by atoms with Gasteiger partial charge in [0, 0.05) is 0 Å². The summed E-state index contributed by atoms with van der Waals surface area (Å²) < 4.78 is 21.7. The first-order valence-electron chi connectivity index (χ1n) is 1.31. The first kappa shape index (κ1) is 5.53. The van der Waals surface area contributed by atoms with Crippen LogP contribution in [-0.2, 0) is 4.79 Å². The average Bonchev–Trinajstić information content (AvgIpc) is 1.36. The molecule has 0 aromatic rings. The molecule has 0 aromatic heterocycles. The Bertz CT molecular complexity index is 59.8. The summed E-state index contributed by atoms with van der Waals surface area (Å²) in [5, 5.41) is 0. The molecule has 0 aliphatic heterocycles.